The number of fused-ring (bicyclic) bond motifs is 3. The summed E-state index contributed by atoms with van der Waals surface area (Å²) in [4.78, 5) is 123. The first kappa shape index (κ1) is 67.5. The highest BCUT2D eigenvalue weighted by Crippen LogP contribution is 2.37. The van der Waals surface area contributed by atoms with Crippen LogP contribution in [0.15, 0.2) is 54.6 Å². The zero-order chi connectivity index (χ0) is 67.2. The number of aromatic nitrogens is 3. The third-order valence-electron chi connectivity index (χ3n) is 15.9. The molecule has 9 amide bonds. The van der Waals surface area contributed by atoms with Crippen LogP contribution in [0.5, 0.6) is 0 Å². The number of nitrogens with one attached hydrogen (secondary N) is 10. The molecule has 1 fully saturated rings. The van der Waals surface area contributed by atoms with Crippen molar-refractivity contribution in [2.24, 2.45) is 0 Å². The first-order valence-electron chi connectivity index (χ1n) is 29.3. The Morgan fingerprint density at radius 1 is 0.522 bits per heavy atom. The number of anilines is 3. The maximum atomic E-state index is 13.7. The number of piperidine rings is 1. The van der Waals surface area contributed by atoms with Crippen LogP contribution in [0.4, 0.5) is 30.2 Å². The molecule has 0 saturated carbocycles. The van der Waals surface area contributed by atoms with Gasteiger partial charge < -0.3 is 77.3 Å². The van der Waals surface area contributed by atoms with Crippen molar-refractivity contribution in [3.05, 3.63) is 156 Å². The van der Waals surface area contributed by atoms with Gasteiger partial charge in [0.2, 0.25) is 5.91 Å². The standard InChI is InChI=1S/C24H27FN4O4.C21H23FN4O4.C20H21FN4O4/c1-13-19(11-17-16-10-15(25)6-7-18(16)28-22(17)31)27-14(2)21(13)23(32)26-12-20(30)24(33)29-8-4-3-5-9-29;1-10-16(8-14-13-7-12(22)5-6-15(13)25-19(14)28)24-11(2)18(10)20(29)23-9-17(27)21(30)26(3)4;1-9-15(7-13-12-6-11(21)4-5-14(12)25-18(13)27)24-10(2)17(9)20(29)23-8-16(26)19(28)22-3/h6-7,10-11,20,27,30H,3-5,8-9,12H2,1-2H3,(H,26,32)(H,28,31);5-8,17,24,27H,9H2,1-4H3,(H,23,29)(H,25,28);4-7,16,24,26H,8H2,1-3H3,(H,22,28)(H,23,29)(H,25,27)/b17-11-;14-8-;13-7-/t20-;17-;16-/m111/s1. The quantitative estimate of drug-likeness (QED) is 0.0610. The van der Waals surface area contributed by atoms with Crippen molar-refractivity contribution in [3.8, 4) is 0 Å². The van der Waals surface area contributed by atoms with Crippen LogP contribution in [0.1, 0.15) is 118 Å². The number of H-pyrrole nitrogens is 3. The SMILES string of the molecule is CNC(=O)[C@H](O)CNC(=O)c1c(C)[nH]c(/C=C2\C(=O)Nc3ccc(F)cc32)c1C.Cc1[nH]c(/C=C2\C(=O)Nc3ccc(F)cc32)c(C)c1C(=O)NC[C@@H](O)C(=O)N(C)C.Cc1[nH]c(/C=C2\C(=O)Nc3ccc(F)cc32)c(C)c1C(=O)NC[C@@H](O)C(=O)N1CCCCC1. The molecule has 3 aromatic carbocycles. The fourth-order valence-electron chi connectivity index (χ4n) is 11.0. The predicted molar refractivity (Wildman–Crippen MR) is 338 cm³/mol. The summed E-state index contributed by atoms with van der Waals surface area (Å²) >= 11 is 0. The number of hydrogen-bond acceptors (Lipinski definition) is 12. The van der Waals surface area contributed by atoms with Crippen LogP contribution >= 0.6 is 0 Å². The number of nitrogens with zero attached hydrogens (tertiary/aromatic N) is 2. The third kappa shape index (κ3) is 14.9. The Labute approximate surface area is 526 Å². The van der Waals surface area contributed by atoms with E-state index in [2.05, 4.69) is 52.2 Å². The van der Waals surface area contributed by atoms with Crippen LogP contribution in [0.25, 0.3) is 34.9 Å². The molecule has 24 nitrogen and oxygen atoms in total. The van der Waals surface area contributed by atoms with Crippen LogP contribution in [-0.4, -0.2) is 165 Å². The molecule has 0 aliphatic carbocycles. The van der Waals surface area contributed by atoms with Gasteiger partial charge in [0.1, 0.15) is 35.8 Å². The average Bonchev–Trinajstić information content (AvgIpc) is 1.65. The topological polar surface area (TPSA) is 352 Å². The van der Waals surface area contributed by atoms with E-state index in [9.17, 15) is 71.6 Å². The highest BCUT2D eigenvalue weighted by Gasteiger charge is 2.31. The lowest BCUT2D eigenvalue weighted by Gasteiger charge is -2.28. The van der Waals surface area contributed by atoms with Crippen LogP contribution in [0.2, 0.25) is 0 Å². The number of carbonyl (C=O) groups is 9. The van der Waals surface area contributed by atoms with Crippen molar-refractivity contribution in [1.29, 1.82) is 0 Å². The van der Waals surface area contributed by atoms with E-state index in [4.69, 9.17) is 0 Å². The Morgan fingerprint density at radius 2 is 0.848 bits per heavy atom. The molecule has 13 N–H and O–H groups in total. The van der Waals surface area contributed by atoms with Crippen LogP contribution in [0.3, 0.4) is 0 Å². The second kappa shape index (κ2) is 28.6. The minimum absolute atomic E-state index is 0.191. The Kier molecular flexibility index (Phi) is 21.0. The molecule has 0 spiro atoms. The van der Waals surface area contributed by atoms with E-state index in [-0.39, 0.29) is 54.4 Å². The molecule has 0 bridgehead atoms. The number of rotatable bonds is 15. The summed E-state index contributed by atoms with van der Waals surface area (Å²) in [6, 6.07) is 12.1. The molecule has 1 saturated heterocycles. The van der Waals surface area contributed by atoms with Gasteiger partial charge in [-0.15, -0.1) is 0 Å². The average molecular weight is 1270 g/mol. The molecular weight excluding hydrogens is 1200 g/mol. The number of likely N-dealkylation sites (tertiary alicyclic amines) is 1. The molecule has 4 aliphatic rings. The Morgan fingerprint density at radius 3 is 1.17 bits per heavy atom. The third-order valence-corrected chi connectivity index (χ3v) is 15.9. The molecule has 0 radical (unpaired) electrons. The number of aliphatic hydroxyl groups is 3. The zero-order valence-electron chi connectivity index (χ0n) is 51.9. The fourth-order valence-corrected chi connectivity index (χ4v) is 11.0. The normalized spacial score (nSPS) is 16.0. The first-order valence-corrected chi connectivity index (χ1v) is 29.3. The second-order valence-corrected chi connectivity index (χ2v) is 22.5. The number of aromatic amines is 3. The number of hydrogen-bond donors (Lipinski definition) is 13. The predicted octanol–water partition coefficient (Wildman–Crippen LogP) is 4.91. The number of amides is 9. The number of carbonyl (C=O) groups excluding carboxylic acids is 9. The first-order chi connectivity index (χ1) is 43.6. The lowest BCUT2D eigenvalue weighted by Crippen LogP contribution is -2.46. The van der Waals surface area contributed by atoms with Gasteiger partial charge in [0, 0.05) is 102 Å². The minimum Gasteiger partial charge on any atom is -0.381 e. The Balaban J connectivity index is 0.000000178. The van der Waals surface area contributed by atoms with E-state index in [1.807, 2.05) is 0 Å². The van der Waals surface area contributed by atoms with E-state index in [1.54, 1.807) is 64.7 Å². The van der Waals surface area contributed by atoms with E-state index in [0.717, 1.165) is 19.3 Å². The molecule has 0 unspecified atom stereocenters. The van der Waals surface area contributed by atoms with Gasteiger partial charge in [0.25, 0.3) is 47.3 Å². The van der Waals surface area contributed by atoms with Crippen LogP contribution in [0, 0.1) is 59.0 Å². The summed E-state index contributed by atoms with van der Waals surface area (Å²) in [5.74, 6) is -5.29. The van der Waals surface area contributed by atoms with Crippen molar-refractivity contribution in [1.82, 2.24) is 46.0 Å². The molecule has 10 rings (SSSR count). The molecule has 484 valence electrons. The maximum absolute atomic E-state index is 13.7. The van der Waals surface area contributed by atoms with Gasteiger partial charge in [-0.3, -0.25) is 43.2 Å². The molecule has 3 aromatic heterocycles. The van der Waals surface area contributed by atoms with Gasteiger partial charge >= 0.3 is 0 Å². The molecule has 7 heterocycles. The number of halogens is 3. The van der Waals surface area contributed by atoms with Gasteiger partial charge in [0.15, 0.2) is 0 Å². The van der Waals surface area contributed by atoms with Gasteiger partial charge in [-0.1, -0.05) is 0 Å². The molecule has 3 atom stereocenters. The highest BCUT2D eigenvalue weighted by molar-refractivity contribution is 6.36. The number of aryl methyl sites for hydroxylation is 3. The summed E-state index contributed by atoms with van der Waals surface area (Å²) in [7, 11) is 4.41. The molecule has 27 heteroatoms. The number of benzene rings is 3. The summed E-state index contributed by atoms with van der Waals surface area (Å²) in [5.41, 5.74) is 9.92. The van der Waals surface area contributed by atoms with Crippen molar-refractivity contribution in [2.45, 2.75) is 79.1 Å². The maximum Gasteiger partial charge on any atom is 0.256 e. The van der Waals surface area contributed by atoms with Gasteiger partial charge in [0.05, 0.1) is 53.0 Å². The molecule has 92 heavy (non-hydrogen) atoms. The summed E-state index contributed by atoms with van der Waals surface area (Å²) in [5, 5.41) is 47.8. The number of likely N-dealkylation sites (N-methyl/N-ethyl adjacent to an activating group) is 2. The molecule has 6 aromatic rings. The second-order valence-electron chi connectivity index (χ2n) is 22.5. The molecular formula is C65H71F3N12O12. The Hall–Kier alpha value is -10.4. The van der Waals surface area contributed by atoms with Gasteiger partial charge in [-0.25, -0.2) is 13.2 Å². The molecule has 4 aliphatic heterocycles. The summed E-state index contributed by atoms with van der Waals surface area (Å²) in [6.45, 7) is 10.9. The highest BCUT2D eigenvalue weighted by atomic mass is 19.1. The smallest absolute Gasteiger partial charge is 0.256 e. The number of aliphatic hydroxyl groups excluding tert-OH is 3. The fraction of sp³-hybridized carbons (Fsp3) is 0.308. The lowest BCUT2D eigenvalue weighted by atomic mass is 10.0. The zero-order valence-corrected chi connectivity index (χ0v) is 51.9. The van der Waals surface area contributed by atoms with E-state index in [0.29, 0.717) is 120 Å². The van der Waals surface area contributed by atoms with E-state index in [1.165, 1.54) is 80.6 Å². The largest absolute Gasteiger partial charge is 0.381 e. The van der Waals surface area contributed by atoms with Crippen molar-refractivity contribution >= 4 is 105 Å². The van der Waals surface area contributed by atoms with Crippen LogP contribution in [-0.2, 0) is 28.8 Å². The monoisotopic (exact) mass is 1270 g/mol. The van der Waals surface area contributed by atoms with Crippen molar-refractivity contribution < 1.29 is 71.6 Å². The van der Waals surface area contributed by atoms with E-state index < -0.39 is 65.3 Å². The van der Waals surface area contributed by atoms with Crippen molar-refractivity contribution in [3.63, 3.8) is 0 Å². The van der Waals surface area contributed by atoms with Gasteiger partial charge in [-0.2, -0.15) is 0 Å². The van der Waals surface area contributed by atoms with Gasteiger partial charge in [-0.05, 0) is 150 Å². The minimum atomic E-state index is -1.36. The van der Waals surface area contributed by atoms with Crippen LogP contribution < -0.4 is 37.2 Å². The summed E-state index contributed by atoms with van der Waals surface area (Å²) < 4.78 is 41.0. The Bertz CT molecular complexity index is 4080. The lowest BCUT2D eigenvalue weighted by molar-refractivity contribution is -0.140. The van der Waals surface area contributed by atoms with Crippen molar-refractivity contribution in [2.75, 3.05) is 69.8 Å². The van der Waals surface area contributed by atoms with E-state index >= 15 is 0 Å². The summed E-state index contributed by atoms with van der Waals surface area (Å²) in [6.07, 6.45) is 3.63.